The monoisotopic (exact) mass is 355 g/mol. The minimum atomic E-state index is -0.381. The summed E-state index contributed by atoms with van der Waals surface area (Å²) in [6.07, 6.45) is -0.381. The van der Waals surface area contributed by atoms with Gasteiger partial charge in [-0.25, -0.2) is 0 Å². The molecular weight excluding hydrogens is 338 g/mol. The number of hydrogen-bond donors (Lipinski definition) is 1. The van der Waals surface area contributed by atoms with Gasteiger partial charge in [-0.2, -0.15) is 5.26 Å². The van der Waals surface area contributed by atoms with Gasteiger partial charge in [-0.1, -0.05) is 24.3 Å². The van der Waals surface area contributed by atoms with E-state index in [1.165, 1.54) is 0 Å². The van der Waals surface area contributed by atoms with Crippen LogP contribution in [0.3, 0.4) is 0 Å². The van der Waals surface area contributed by atoms with Crippen LogP contribution in [0.5, 0.6) is 5.75 Å². The van der Waals surface area contributed by atoms with Crippen molar-refractivity contribution in [1.82, 2.24) is 0 Å². The third-order valence-electron chi connectivity index (χ3n) is 4.63. The summed E-state index contributed by atoms with van der Waals surface area (Å²) in [5.41, 5.74) is 3.65. The quantitative estimate of drug-likeness (QED) is 0.759. The Morgan fingerprint density at radius 3 is 2.37 bits per heavy atom. The SMILES string of the molecule is COc1ccc(N2C(=O)c3ccccc3N[C@H]2c2ccc(C#N)cc2)cc1. The highest BCUT2D eigenvalue weighted by Crippen LogP contribution is 2.37. The molecule has 0 spiro atoms. The van der Waals surface area contributed by atoms with E-state index in [1.54, 1.807) is 24.1 Å². The highest BCUT2D eigenvalue weighted by atomic mass is 16.5. The second kappa shape index (κ2) is 6.85. The van der Waals surface area contributed by atoms with E-state index in [-0.39, 0.29) is 12.1 Å². The molecule has 0 fully saturated rings. The number of nitriles is 1. The fourth-order valence-electron chi connectivity index (χ4n) is 3.24. The van der Waals surface area contributed by atoms with E-state index in [2.05, 4.69) is 11.4 Å². The lowest BCUT2D eigenvalue weighted by atomic mass is 10.0. The zero-order chi connectivity index (χ0) is 18.8. The number of ether oxygens (including phenoxy) is 1. The van der Waals surface area contributed by atoms with Gasteiger partial charge in [0.15, 0.2) is 0 Å². The number of para-hydroxylation sites is 1. The second-order valence-electron chi connectivity index (χ2n) is 6.20. The van der Waals surface area contributed by atoms with Gasteiger partial charge in [0.05, 0.1) is 24.3 Å². The molecule has 4 rings (SSSR count). The van der Waals surface area contributed by atoms with Crippen LogP contribution in [0.15, 0.2) is 72.8 Å². The number of carbonyl (C=O) groups is 1. The van der Waals surface area contributed by atoms with E-state index in [0.717, 1.165) is 22.7 Å². The Morgan fingerprint density at radius 2 is 1.70 bits per heavy atom. The fraction of sp³-hybridized carbons (Fsp3) is 0.0909. The maximum Gasteiger partial charge on any atom is 0.262 e. The largest absolute Gasteiger partial charge is 0.497 e. The summed E-state index contributed by atoms with van der Waals surface area (Å²) in [4.78, 5) is 15.0. The molecule has 0 aromatic heterocycles. The molecule has 1 amide bonds. The van der Waals surface area contributed by atoms with Crippen molar-refractivity contribution in [3.8, 4) is 11.8 Å². The van der Waals surface area contributed by atoms with Gasteiger partial charge in [0.2, 0.25) is 0 Å². The van der Waals surface area contributed by atoms with E-state index in [9.17, 15) is 4.79 Å². The molecule has 0 radical (unpaired) electrons. The van der Waals surface area contributed by atoms with Gasteiger partial charge in [0.25, 0.3) is 5.91 Å². The molecule has 5 nitrogen and oxygen atoms in total. The van der Waals surface area contributed by atoms with E-state index < -0.39 is 0 Å². The van der Waals surface area contributed by atoms with Crippen molar-refractivity contribution >= 4 is 17.3 Å². The molecule has 0 saturated heterocycles. The van der Waals surface area contributed by atoms with Gasteiger partial charge < -0.3 is 10.1 Å². The van der Waals surface area contributed by atoms with Crippen molar-refractivity contribution in [1.29, 1.82) is 5.26 Å². The smallest absolute Gasteiger partial charge is 0.262 e. The molecule has 3 aromatic rings. The molecule has 1 aliphatic heterocycles. The van der Waals surface area contributed by atoms with Crippen LogP contribution in [-0.2, 0) is 0 Å². The molecule has 1 atom stereocenters. The summed E-state index contributed by atoms with van der Waals surface area (Å²) in [6.45, 7) is 0. The first-order valence-corrected chi connectivity index (χ1v) is 8.54. The number of amides is 1. The molecule has 0 unspecified atom stereocenters. The van der Waals surface area contributed by atoms with Gasteiger partial charge in [-0.3, -0.25) is 9.69 Å². The van der Waals surface area contributed by atoms with Crippen LogP contribution in [0, 0.1) is 11.3 Å². The maximum absolute atomic E-state index is 13.3. The molecule has 1 heterocycles. The summed E-state index contributed by atoms with van der Waals surface area (Å²) in [7, 11) is 1.61. The first kappa shape index (κ1) is 16.7. The van der Waals surface area contributed by atoms with Gasteiger partial charge in [0.1, 0.15) is 11.9 Å². The van der Waals surface area contributed by atoms with Crippen LogP contribution >= 0.6 is 0 Å². The predicted octanol–water partition coefficient (Wildman–Crippen LogP) is 4.34. The minimum Gasteiger partial charge on any atom is -0.497 e. The Balaban J connectivity index is 1.82. The average Bonchev–Trinajstić information content (AvgIpc) is 2.74. The summed E-state index contributed by atoms with van der Waals surface area (Å²) in [5, 5.41) is 12.5. The fourth-order valence-corrected chi connectivity index (χ4v) is 3.24. The van der Waals surface area contributed by atoms with E-state index in [0.29, 0.717) is 11.1 Å². The number of rotatable bonds is 3. The zero-order valence-electron chi connectivity index (χ0n) is 14.7. The highest BCUT2D eigenvalue weighted by Gasteiger charge is 2.33. The number of anilines is 2. The molecule has 0 aliphatic carbocycles. The van der Waals surface area contributed by atoms with Crippen LogP contribution < -0.4 is 15.0 Å². The number of methoxy groups -OCH3 is 1. The third-order valence-corrected chi connectivity index (χ3v) is 4.63. The summed E-state index contributed by atoms with van der Waals surface area (Å²) >= 11 is 0. The molecule has 1 aliphatic rings. The van der Waals surface area contributed by atoms with Gasteiger partial charge >= 0.3 is 0 Å². The van der Waals surface area contributed by atoms with Crippen LogP contribution in [0.25, 0.3) is 0 Å². The lowest BCUT2D eigenvalue weighted by Gasteiger charge is -2.38. The van der Waals surface area contributed by atoms with Crippen molar-refractivity contribution in [2.75, 3.05) is 17.3 Å². The van der Waals surface area contributed by atoms with Crippen molar-refractivity contribution in [3.63, 3.8) is 0 Å². The number of carbonyl (C=O) groups excluding carboxylic acids is 1. The Morgan fingerprint density at radius 1 is 1.00 bits per heavy atom. The maximum atomic E-state index is 13.3. The number of nitrogens with zero attached hydrogens (tertiary/aromatic N) is 2. The number of fused-ring (bicyclic) bond motifs is 1. The minimum absolute atomic E-state index is 0.0797. The van der Waals surface area contributed by atoms with Crippen molar-refractivity contribution < 1.29 is 9.53 Å². The first-order valence-electron chi connectivity index (χ1n) is 8.54. The Labute approximate surface area is 157 Å². The average molecular weight is 355 g/mol. The zero-order valence-corrected chi connectivity index (χ0v) is 14.7. The highest BCUT2D eigenvalue weighted by molar-refractivity contribution is 6.12. The lowest BCUT2D eigenvalue weighted by molar-refractivity contribution is 0.0975. The normalized spacial score (nSPS) is 15.5. The topological polar surface area (TPSA) is 65.4 Å². The lowest BCUT2D eigenvalue weighted by Crippen LogP contribution is -2.43. The third kappa shape index (κ3) is 2.98. The molecular formula is C22H17N3O2. The molecule has 132 valence electrons. The van der Waals surface area contributed by atoms with Gasteiger partial charge in [0, 0.05) is 11.4 Å². The predicted molar refractivity (Wildman–Crippen MR) is 104 cm³/mol. The van der Waals surface area contributed by atoms with Crippen molar-refractivity contribution in [3.05, 3.63) is 89.5 Å². The van der Waals surface area contributed by atoms with Crippen LogP contribution in [0.4, 0.5) is 11.4 Å². The summed E-state index contributed by atoms with van der Waals surface area (Å²) in [6, 6.07) is 24.2. The molecule has 5 heteroatoms. The number of nitrogens with one attached hydrogen (secondary N) is 1. The molecule has 3 aromatic carbocycles. The molecule has 27 heavy (non-hydrogen) atoms. The Kier molecular flexibility index (Phi) is 4.23. The molecule has 1 N–H and O–H groups in total. The number of hydrogen-bond acceptors (Lipinski definition) is 4. The standard InChI is InChI=1S/C22H17N3O2/c1-27-18-12-10-17(11-13-18)25-21(16-8-6-15(14-23)7-9-16)24-20-5-3-2-4-19(20)22(25)26/h2-13,21,24H,1H3/t21-/m1/s1. The Bertz CT molecular complexity index is 1020. The van der Waals surface area contributed by atoms with Crippen LogP contribution in [-0.4, -0.2) is 13.0 Å². The van der Waals surface area contributed by atoms with E-state index in [4.69, 9.17) is 10.00 Å². The summed E-state index contributed by atoms with van der Waals surface area (Å²) < 4.78 is 5.23. The van der Waals surface area contributed by atoms with Gasteiger partial charge in [-0.05, 0) is 54.1 Å². The van der Waals surface area contributed by atoms with Crippen LogP contribution in [0.1, 0.15) is 27.7 Å². The van der Waals surface area contributed by atoms with Gasteiger partial charge in [-0.15, -0.1) is 0 Å². The second-order valence-corrected chi connectivity index (χ2v) is 6.20. The Hall–Kier alpha value is -3.78. The van der Waals surface area contributed by atoms with E-state index >= 15 is 0 Å². The molecule has 0 bridgehead atoms. The van der Waals surface area contributed by atoms with Crippen molar-refractivity contribution in [2.24, 2.45) is 0 Å². The molecule has 0 saturated carbocycles. The van der Waals surface area contributed by atoms with Crippen molar-refractivity contribution in [2.45, 2.75) is 6.17 Å². The van der Waals surface area contributed by atoms with Crippen LogP contribution in [0.2, 0.25) is 0 Å². The summed E-state index contributed by atoms with van der Waals surface area (Å²) in [5.74, 6) is 0.648. The van der Waals surface area contributed by atoms with E-state index in [1.807, 2.05) is 60.7 Å². The first-order chi connectivity index (χ1) is 13.2. The number of benzene rings is 3.